The molecular formula is C11H10O3. The maximum Gasteiger partial charge on any atom is 0.231 e. The first-order chi connectivity index (χ1) is 6.85. The van der Waals surface area contributed by atoms with Crippen LogP contribution in [0.1, 0.15) is 22.8 Å². The van der Waals surface area contributed by atoms with Crippen LogP contribution < -0.4 is 9.47 Å². The Labute approximate surface area is 81.9 Å². The summed E-state index contributed by atoms with van der Waals surface area (Å²) in [6.07, 6.45) is 4.56. The van der Waals surface area contributed by atoms with Crippen molar-refractivity contribution in [2.24, 2.45) is 0 Å². The molecule has 0 saturated heterocycles. The molecule has 0 spiro atoms. The summed E-state index contributed by atoms with van der Waals surface area (Å²) in [5.74, 6) is 1.34. The van der Waals surface area contributed by atoms with Gasteiger partial charge in [0.15, 0.2) is 17.8 Å². The Morgan fingerprint density at radius 1 is 1.21 bits per heavy atom. The number of aldehydes is 1. The Morgan fingerprint density at radius 3 is 2.43 bits per heavy atom. The Morgan fingerprint density at radius 2 is 1.86 bits per heavy atom. The molecule has 0 radical (unpaired) electrons. The average Bonchev–Trinajstić information content (AvgIpc) is 2.64. The van der Waals surface area contributed by atoms with Crippen LogP contribution in [-0.4, -0.2) is 13.1 Å². The van der Waals surface area contributed by atoms with Crippen molar-refractivity contribution in [1.82, 2.24) is 0 Å². The third-order valence-electron chi connectivity index (χ3n) is 2.05. The summed E-state index contributed by atoms with van der Waals surface area (Å²) in [5, 5.41) is 0. The lowest BCUT2D eigenvalue weighted by atomic mass is 10.1. The molecule has 1 heterocycles. The molecule has 3 nitrogen and oxygen atoms in total. The van der Waals surface area contributed by atoms with E-state index < -0.39 is 0 Å². The van der Waals surface area contributed by atoms with Crippen molar-refractivity contribution < 1.29 is 14.3 Å². The molecule has 1 aromatic carbocycles. The third-order valence-corrected chi connectivity index (χ3v) is 2.05. The van der Waals surface area contributed by atoms with Gasteiger partial charge in [-0.25, -0.2) is 0 Å². The molecule has 1 aromatic rings. The Kier molecular flexibility index (Phi) is 2.23. The number of rotatable bonds is 2. The highest BCUT2D eigenvalue weighted by atomic mass is 16.7. The SMILES string of the molecule is C/C=C/c1cc2c(cc1C=O)OCO2. The number of fused-ring (bicyclic) bond motifs is 1. The van der Waals surface area contributed by atoms with Crippen molar-refractivity contribution in [1.29, 1.82) is 0 Å². The van der Waals surface area contributed by atoms with E-state index in [4.69, 9.17) is 9.47 Å². The average molecular weight is 190 g/mol. The Balaban J connectivity index is 2.54. The van der Waals surface area contributed by atoms with Crippen LogP contribution in [0.3, 0.4) is 0 Å². The van der Waals surface area contributed by atoms with Crippen molar-refractivity contribution in [3.8, 4) is 11.5 Å². The summed E-state index contributed by atoms with van der Waals surface area (Å²) in [4.78, 5) is 10.8. The van der Waals surface area contributed by atoms with Crippen LogP contribution in [0, 0.1) is 0 Å². The summed E-state index contributed by atoms with van der Waals surface area (Å²) in [7, 11) is 0. The molecule has 1 aliphatic rings. The van der Waals surface area contributed by atoms with Crippen LogP contribution in [0.15, 0.2) is 18.2 Å². The van der Waals surface area contributed by atoms with Gasteiger partial charge < -0.3 is 9.47 Å². The quantitative estimate of drug-likeness (QED) is 0.671. The zero-order valence-corrected chi connectivity index (χ0v) is 7.82. The molecule has 14 heavy (non-hydrogen) atoms. The number of carbonyl (C=O) groups excluding carboxylic acids is 1. The second kappa shape index (κ2) is 3.54. The fourth-order valence-corrected chi connectivity index (χ4v) is 1.40. The first-order valence-electron chi connectivity index (χ1n) is 4.36. The molecule has 0 bridgehead atoms. The summed E-state index contributed by atoms with van der Waals surface area (Å²) in [6.45, 7) is 2.13. The first-order valence-corrected chi connectivity index (χ1v) is 4.36. The van der Waals surface area contributed by atoms with Gasteiger partial charge in [0.1, 0.15) is 0 Å². The highest BCUT2D eigenvalue weighted by Crippen LogP contribution is 2.34. The zero-order chi connectivity index (χ0) is 9.97. The number of benzene rings is 1. The molecule has 0 aliphatic carbocycles. The van der Waals surface area contributed by atoms with Crippen LogP contribution >= 0.6 is 0 Å². The van der Waals surface area contributed by atoms with Crippen LogP contribution in [0.25, 0.3) is 6.08 Å². The number of hydrogen-bond donors (Lipinski definition) is 0. The van der Waals surface area contributed by atoms with Gasteiger partial charge in [-0.2, -0.15) is 0 Å². The number of ether oxygens (including phenoxy) is 2. The maximum atomic E-state index is 10.8. The molecule has 2 rings (SSSR count). The van der Waals surface area contributed by atoms with E-state index in [2.05, 4.69) is 0 Å². The Bertz CT molecular complexity index is 394. The third kappa shape index (κ3) is 1.37. The monoisotopic (exact) mass is 190 g/mol. The van der Waals surface area contributed by atoms with Crippen molar-refractivity contribution in [3.63, 3.8) is 0 Å². The van der Waals surface area contributed by atoms with Crippen molar-refractivity contribution in [2.75, 3.05) is 6.79 Å². The summed E-state index contributed by atoms with van der Waals surface area (Å²) in [6, 6.07) is 3.51. The lowest BCUT2D eigenvalue weighted by molar-refractivity contribution is 0.112. The molecule has 0 amide bonds. The number of carbonyl (C=O) groups is 1. The number of hydrogen-bond acceptors (Lipinski definition) is 3. The molecule has 0 saturated carbocycles. The molecule has 1 aliphatic heterocycles. The van der Waals surface area contributed by atoms with Gasteiger partial charge in [0.25, 0.3) is 0 Å². The molecule has 0 N–H and O–H groups in total. The molecule has 0 aromatic heterocycles. The van der Waals surface area contributed by atoms with Gasteiger partial charge in [-0.3, -0.25) is 4.79 Å². The van der Waals surface area contributed by atoms with Crippen molar-refractivity contribution in [2.45, 2.75) is 6.92 Å². The van der Waals surface area contributed by atoms with Crippen LogP contribution in [-0.2, 0) is 0 Å². The largest absolute Gasteiger partial charge is 0.454 e. The van der Waals surface area contributed by atoms with Gasteiger partial charge in [-0.05, 0) is 24.6 Å². The summed E-state index contributed by atoms with van der Waals surface area (Å²) < 4.78 is 10.4. The van der Waals surface area contributed by atoms with Crippen molar-refractivity contribution in [3.05, 3.63) is 29.3 Å². The molecule has 0 unspecified atom stereocenters. The van der Waals surface area contributed by atoms with Gasteiger partial charge in [0.05, 0.1) is 0 Å². The fourth-order valence-electron chi connectivity index (χ4n) is 1.40. The van der Waals surface area contributed by atoms with E-state index in [0.717, 1.165) is 11.8 Å². The normalized spacial score (nSPS) is 13.5. The fraction of sp³-hybridized carbons (Fsp3) is 0.182. The minimum atomic E-state index is 0.229. The Hall–Kier alpha value is -1.77. The van der Waals surface area contributed by atoms with Gasteiger partial charge >= 0.3 is 0 Å². The first kappa shape index (κ1) is 8.81. The van der Waals surface area contributed by atoms with E-state index in [0.29, 0.717) is 17.1 Å². The molecule has 72 valence electrons. The predicted molar refractivity (Wildman–Crippen MR) is 52.7 cm³/mol. The van der Waals surface area contributed by atoms with Crippen molar-refractivity contribution >= 4 is 12.4 Å². The summed E-state index contributed by atoms with van der Waals surface area (Å²) in [5.41, 5.74) is 1.47. The predicted octanol–water partition coefficient (Wildman–Crippen LogP) is 2.26. The van der Waals surface area contributed by atoms with Gasteiger partial charge in [0.2, 0.25) is 6.79 Å². The van der Waals surface area contributed by atoms with E-state index in [1.807, 2.05) is 25.1 Å². The van der Waals surface area contributed by atoms with E-state index >= 15 is 0 Å². The van der Waals surface area contributed by atoms with E-state index in [1.165, 1.54) is 0 Å². The zero-order valence-electron chi connectivity index (χ0n) is 7.82. The van der Waals surface area contributed by atoms with Gasteiger partial charge in [-0.1, -0.05) is 12.2 Å². The van der Waals surface area contributed by atoms with Gasteiger partial charge in [-0.15, -0.1) is 0 Å². The van der Waals surface area contributed by atoms with Crippen LogP contribution in [0.4, 0.5) is 0 Å². The van der Waals surface area contributed by atoms with E-state index in [-0.39, 0.29) is 6.79 Å². The second-order valence-corrected chi connectivity index (χ2v) is 2.95. The molecule has 0 atom stereocenters. The second-order valence-electron chi connectivity index (χ2n) is 2.95. The minimum absolute atomic E-state index is 0.229. The lowest BCUT2D eigenvalue weighted by Gasteiger charge is -2.01. The van der Waals surface area contributed by atoms with Crippen LogP contribution in [0.2, 0.25) is 0 Å². The minimum Gasteiger partial charge on any atom is -0.454 e. The van der Waals surface area contributed by atoms with Gasteiger partial charge in [0, 0.05) is 5.56 Å². The smallest absolute Gasteiger partial charge is 0.231 e. The standard InChI is InChI=1S/C11H10O3/c1-2-3-8-4-10-11(14-7-13-10)5-9(8)6-12/h2-6H,7H2,1H3/b3-2+. The highest BCUT2D eigenvalue weighted by molar-refractivity contribution is 5.83. The number of allylic oxidation sites excluding steroid dienone is 1. The lowest BCUT2D eigenvalue weighted by Crippen LogP contribution is -1.92. The van der Waals surface area contributed by atoms with E-state index in [9.17, 15) is 4.79 Å². The highest BCUT2D eigenvalue weighted by Gasteiger charge is 2.15. The van der Waals surface area contributed by atoms with Crippen LogP contribution in [0.5, 0.6) is 11.5 Å². The summed E-state index contributed by atoms with van der Waals surface area (Å²) >= 11 is 0. The molecular weight excluding hydrogens is 180 g/mol. The molecule has 0 fully saturated rings. The van der Waals surface area contributed by atoms with E-state index in [1.54, 1.807) is 6.07 Å². The molecule has 3 heteroatoms. The maximum absolute atomic E-state index is 10.8. The topological polar surface area (TPSA) is 35.5 Å².